The van der Waals surface area contributed by atoms with E-state index in [2.05, 4.69) is 36.4 Å². The Balaban J connectivity index is 0.00000529. The number of aliphatic imine (C=N–C) groups is 1. The monoisotopic (exact) mass is 446 g/mol. The molecule has 0 aliphatic rings. The maximum atomic E-state index is 13.9. The normalized spacial score (nSPS) is 12.3. The molecular formula is C18H28FIN4. The summed E-state index contributed by atoms with van der Waals surface area (Å²) in [7, 11) is 0. The van der Waals surface area contributed by atoms with Crippen molar-refractivity contribution in [3.05, 3.63) is 35.1 Å². The van der Waals surface area contributed by atoms with E-state index in [1.807, 2.05) is 13.0 Å². The summed E-state index contributed by atoms with van der Waals surface area (Å²) >= 11 is 0. The third-order valence-corrected chi connectivity index (χ3v) is 3.49. The van der Waals surface area contributed by atoms with Crippen LogP contribution in [0.4, 0.5) is 4.39 Å². The molecule has 134 valence electrons. The van der Waals surface area contributed by atoms with E-state index in [4.69, 9.17) is 5.26 Å². The van der Waals surface area contributed by atoms with Gasteiger partial charge in [0.15, 0.2) is 5.96 Å². The highest BCUT2D eigenvalue weighted by atomic mass is 127. The van der Waals surface area contributed by atoms with Crippen molar-refractivity contribution < 1.29 is 4.39 Å². The van der Waals surface area contributed by atoms with Gasteiger partial charge in [0.1, 0.15) is 5.82 Å². The minimum Gasteiger partial charge on any atom is -0.357 e. The van der Waals surface area contributed by atoms with Gasteiger partial charge in [0.25, 0.3) is 0 Å². The van der Waals surface area contributed by atoms with Crippen LogP contribution in [0.25, 0.3) is 0 Å². The Bertz CT molecular complexity index is 567. The highest BCUT2D eigenvalue weighted by molar-refractivity contribution is 14.0. The van der Waals surface area contributed by atoms with Crippen molar-refractivity contribution in [3.8, 4) is 6.07 Å². The van der Waals surface area contributed by atoms with Crippen LogP contribution in [-0.2, 0) is 6.54 Å². The van der Waals surface area contributed by atoms with Crippen molar-refractivity contribution in [2.75, 3.05) is 6.54 Å². The van der Waals surface area contributed by atoms with E-state index < -0.39 is 5.82 Å². The minimum atomic E-state index is -0.392. The van der Waals surface area contributed by atoms with Crippen molar-refractivity contribution in [3.63, 3.8) is 0 Å². The first kappa shape index (κ1) is 22.6. The molecule has 4 nitrogen and oxygen atoms in total. The SMILES string of the molecule is CCNC(=NCc1ccc(C#N)cc1F)NC(C)CCC(C)C.I. The Morgan fingerprint density at radius 3 is 2.54 bits per heavy atom. The molecule has 0 heterocycles. The zero-order valence-corrected chi connectivity index (χ0v) is 17.2. The third-order valence-electron chi connectivity index (χ3n) is 3.49. The lowest BCUT2D eigenvalue weighted by atomic mass is 10.0. The summed E-state index contributed by atoms with van der Waals surface area (Å²) in [6.07, 6.45) is 2.21. The van der Waals surface area contributed by atoms with Crippen molar-refractivity contribution in [1.82, 2.24) is 10.6 Å². The molecule has 0 spiro atoms. The molecular weight excluding hydrogens is 418 g/mol. The van der Waals surface area contributed by atoms with E-state index in [1.165, 1.54) is 6.07 Å². The zero-order valence-electron chi connectivity index (χ0n) is 14.9. The van der Waals surface area contributed by atoms with Crippen LogP contribution in [-0.4, -0.2) is 18.5 Å². The lowest BCUT2D eigenvalue weighted by Gasteiger charge is -2.18. The van der Waals surface area contributed by atoms with Crippen LogP contribution in [0.15, 0.2) is 23.2 Å². The van der Waals surface area contributed by atoms with E-state index in [9.17, 15) is 4.39 Å². The van der Waals surface area contributed by atoms with Crippen molar-refractivity contribution >= 4 is 29.9 Å². The average Bonchev–Trinajstić information content (AvgIpc) is 2.51. The number of nitriles is 1. The Labute approximate surface area is 162 Å². The summed E-state index contributed by atoms with van der Waals surface area (Å²) < 4.78 is 13.9. The topological polar surface area (TPSA) is 60.2 Å². The summed E-state index contributed by atoms with van der Waals surface area (Å²) in [6, 6.07) is 6.71. The molecule has 1 rings (SSSR count). The van der Waals surface area contributed by atoms with Gasteiger partial charge in [-0.05, 0) is 44.7 Å². The van der Waals surface area contributed by atoms with Gasteiger partial charge < -0.3 is 10.6 Å². The molecule has 0 aliphatic heterocycles. The molecule has 1 aromatic rings. The Morgan fingerprint density at radius 1 is 1.29 bits per heavy atom. The molecule has 1 atom stereocenters. The summed E-state index contributed by atoms with van der Waals surface area (Å²) in [5.74, 6) is 0.968. The molecule has 0 aliphatic carbocycles. The molecule has 1 unspecified atom stereocenters. The second kappa shape index (κ2) is 12.1. The standard InChI is InChI=1S/C18H27FN4.HI/c1-5-21-18(23-14(4)7-6-13(2)3)22-12-16-9-8-15(11-20)10-17(16)19;/h8-10,13-14H,5-7,12H2,1-4H3,(H2,21,22,23);1H. The van der Waals surface area contributed by atoms with Gasteiger partial charge in [-0.25, -0.2) is 9.38 Å². The van der Waals surface area contributed by atoms with Crippen molar-refractivity contribution in [1.29, 1.82) is 5.26 Å². The lowest BCUT2D eigenvalue weighted by molar-refractivity contribution is 0.489. The maximum Gasteiger partial charge on any atom is 0.191 e. The van der Waals surface area contributed by atoms with E-state index in [-0.39, 0.29) is 30.5 Å². The average molecular weight is 446 g/mol. The van der Waals surface area contributed by atoms with E-state index in [0.717, 1.165) is 19.4 Å². The molecule has 0 saturated heterocycles. The van der Waals surface area contributed by atoms with Crippen LogP contribution in [0.5, 0.6) is 0 Å². The molecule has 2 N–H and O–H groups in total. The van der Waals surface area contributed by atoms with Gasteiger partial charge in [0.05, 0.1) is 18.2 Å². The first-order valence-electron chi connectivity index (χ1n) is 8.19. The van der Waals surface area contributed by atoms with Crippen LogP contribution < -0.4 is 10.6 Å². The number of nitrogens with one attached hydrogen (secondary N) is 2. The molecule has 0 amide bonds. The lowest BCUT2D eigenvalue weighted by Crippen LogP contribution is -2.42. The fraction of sp³-hybridized carbons (Fsp3) is 0.556. The second-order valence-corrected chi connectivity index (χ2v) is 6.13. The number of halogens is 2. The van der Waals surface area contributed by atoms with Crippen LogP contribution >= 0.6 is 24.0 Å². The molecule has 0 bridgehead atoms. The maximum absolute atomic E-state index is 13.9. The fourth-order valence-electron chi connectivity index (χ4n) is 2.12. The first-order chi connectivity index (χ1) is 11.0. The van der Waals surface area contributed by atoms with Gasteiger partial charge >= 0.3 is 0 Å². The highest BCUT2D eigenvalue weighted by Crippen LogP contribution is 2.11. The van der Waals surface area contributed by atoms with Crippen molar-refractivity contribution in [2.24, 2.45) is 10.9 Å². The van der Waals surface area contributed by atoms with Crippen LogP contribution in [0.1, 0.15) is 51.7 Å². The van der Waals surface area contributed by atoms with E-state index in [0.29, 0.717) is 29.0 Å². The number of guanidine groups is 1. The Morgan fingerprint density at radius 2 is 2.00 bits per heavy atom. The number of rotatable bonds is 7. The van der Waals surface area contributed by atoms with Crippen LogP contribution in [0.2, 0.25) is 0 Å². The number of hydrogen-bond donors (Lipinski definition) is 2. The van der Waals surface area contributed by atoms with E-state index in [1.54, 1.807) is 12.1 Å². The number of nitrogens with zero attached hydrogens (tertiary/aromatic N) is 2. The number of hydrogen-bond acceptors (Lipinski definition) is 2. The first-order valence-corrected chi connectivity index (χ1v) is 8.19. The van der Waals surface area contributed by atoms with Gasteiger partial charge in [-0.2, -0.15) is 5.26 Å². The third kappa shape index (κ3) is 8.48. The fourth-order valence-corrected chi connectivity index (χ4v) is 2.12. The molecule has 24 heavy (non-hydrogen) atoms. The smallest absolute Gasteiger partial charge is 0.191 e. The summed E-state index contributed by atoms with van der Waals surface area (Å²) in [5, 5.41) is 15.3. The van der Waals surface area contributed by atoms with Gasteiger partial charge in [-0.3, -0.25) is 0 Å². The van der Waals surface area contributed by atoms with Gasteiger partial charge in [-0.15, -0.1) is 24.0 Å². The minimum absolute atomic E-state index is 0. The largest absolute Gasteiger partial charge is 0.357 e. The van der Waals surface area contributed by atoms with Crippen molar-refractivity contribution in [2.45, 2.75) is 53.1 Å². The predicted molar refractivity (Wildman–Crippen MR) is 108 cm³/mol. The molecule has 0 saturated carbocycles. The van der Waals surface area contributed by atoms with Gasteiger partial charge in [0.2, 0.25) is 0 Å². The van der Waals surface area contributed by atoms with Crippen LogP contribution in [0.3, 0.4) is 0 Å². The van der Waals surface area contributed by atoms with Gasteiger partial charge in [0, 0.05) is 18.2 Å². The predicted octanol–water partition coefficient (Wildman–Crippen LogP) is 4.20. The quantitative estimate of drug-likeness (QED) is 0.375. The molecule has 0 fully saturated rings. The van der Waals surface area contributed by atoms with Crippen LogP contribution in [0, 0.1) is 23.1 Å². The summed E-state index contributed by atoms with van der Waals surface area (Å²) in [6.45, 7) is 9.53. The highest BCUT2D eigenvalue weighted by Gasteiger charge is 2.07. The molecule has 0 aromatic heterocycles. The Hall–Kier alpha value is -1.36. The Kier molecular flexibility index (Phi) is 11.4. The molecule has 1 aromatic carbocycles. The van der Waals surface area contributed by atoms with Gasteiger partial charge in [-0.1, -0.05) is 19.9 Å². The zero-order chi connectivity index (χ0) is 17.2. The molecule has 6 heteroatoms. The number of benzene rings is 1. The van der Waals surface area contributed by atoms with E-state index >= 15 is 0 Å². The summed E-state index contributed by atoms with van der Waals surface area (Å²) in [4.78, 5) is 4.44. The second-order valence-electron chi connectivity index (χ2n) is 6.13. The summed E-state index contributed by atoms with van der Waals surface area (Å²) in [5.41, 5.74) is 0.804. The molecule has 0 radical (unpaired) electrons.